The molecule has 0 aliphatic carbocycles. The van der Waals surface area contributed by atoms with Gasteiger partial charge in [-0.05, 0) is 45.6 Å². The molecule has 5 nitrogen and oxygen atoms in total. The van der Waals surface area contributed by atoms with Crippen LogP contribution in [0.5, 0.6) is 0 Å². The van der Waals surface area contributed by atoms with Crippen molar-refractivity contribution in [2.24, 2.45) is 5.92 Å². The standard InChI is InChI=1S/C15H26N2O3/c1-11-10-12(15(19)20)7-9-17(11)14(18)6-5-13-4-2-3-8-16-13/h11-13,16H,2-10H2,1H3,(H,19,20). The Kier molecular flexibility index (Phi) is 5.40. The molecule has 5 heteroatoms. The summed E-state index contributed by atoms with van der Waals surface area (Å²) in [6, 6.07) is 0.538. The fourth-order valence-electron chi connectivity index (χ4n) is 3.38. The van der Waals surface area contributed by atoms with Crippen LogP contribution in [0.1, 0.15) is 51.9 Å². The average Bonchev–Trinajstić information content (AvgIpc) is 2.45. The van der Waals surface area contributed by atoms with Crippen molar-refractivity contribution in [3.05, 3.63) is 0 Å². The molecule has 1 amide bonds. The van der Waals surface area contributed by atoms with Crippen LogP contribution in [0, 0.1) is 5.92 Å². The van der Waals surface area contributed by atoms with Crippen molar-refractivity contribution in [3.8, 4) is 0 Å². The maximum atomic E-state index is 12.3. The van der Waals surface area contributed by atoms with E-state index in [1.807, 2.05) is 11.8 Å². The molecule has 2 heterocycles. The number of likely N-dealkylation sites (tertiary alicyclic amines) is 1. The Bertz CT molecular complexity index is 353. The molecular formula is C15H26N2O3. The molecule has 0 aromatic heterocycles. The smallest absolute Gasteiger partial charge is 0.306 e. The van der Waals surface area contributed by atoms with Gasteiger partial charge in [-0.1, -0.05) is 6.42 Å². The molecule has 0 aromatic carbocycles. The van der Waals surface area contributed by atoms with Gasteiger partial charge in [0.1, 0.15) is 0 Å². The van der Waals surface area contributed by atoms with E-state index in [0.29, 0.717) is 31.8 Å². The maximum Gasteiger partial charge on any atom is 0.306 e. The van der Waals surface area contributed by atoms with Gasteiger partial charge >= 0.3 is 5.97 Å². The zero-order chi connectivity index (χ0) is 14.5. The van der Waals surface area contributed by atoms with Crippen molar-refractivity contribution in [3.63, 3.8) is 0 Å². The second kappa shape index (κ2) is 7.07. The molecule has 20 heavy (non-hydrogen) atoms. The molecule has 2 aliphatic rings. The van der Waals surface area contributed by atoms with Crippen molar-refractivity contribution in [1.29, 1.82) is 0 Å². The Morgan fingerprint density at radius 3 is 2.70 bits per heavy atom. The van der Waals surface area contributed by atoms with Gasteiger partial charge in [0, 0.05) is 25.0 Å². The van der Waals surface area contributed by atoms with Crippen LogP contribution in [0.3, 0.4) is 0 Å². The summed E-state index contributed by atoms with van der Waals surface area (Å²) in [5.41, 5.74) is 0. The fourth-order valence-corrected chi connectivity index (χ4v) is 3.38. The van der Waals surface area contributed by atoms with Crippen LogP contribution in [0.2, 0.25) is 0 Å². The van der Waals surface area contributed by atoms with Gasteiger partial charge in [0.2, 0.25) is 5.91 Å². The number of piperidine rings is 2. The van der Waals surface area contributed by atoms with Crippen LogP contribution in [-0.2, 0) is 9.59 Å². The van der Waals surface area contributed by atoms with Crippen molar-refractivity contribution >= 4 is 11.9 Å². The van der Waals surface area contributed by atoms with Gasteiger partial charge in [-0.25, -0.2) is 0 Å². The van der Waals surface area contributed by atoms with E-state index >= 15 is 0 Å². The summed E-state index contributed by atoms with van der Waals surface area (Å²) in [4.78, 5) is 25.2. The van der Waals surface area contributed by atoms with Crippen molar-refractivity contribution in [1.82, 2.24) is 10.2 Å². The summed E-state index contributed by atoms with van der Waals surface area (Å²) in [5, 5.41) is 12.5. The van der Waals surface area contributed by atoms with Gasteiger partial charge in [0.25, 0.3) is 0 Å². The summed E-state index contributed by atoms with van der Waals surface area (Å²) in [6.07, 6.45) is 6.33. The fraction of sp³-hybridized carbons (Fsp3) is 0.867. The minimum absolute atomic E-state index is 0.0525. The summed E-state index contributed by atoms with van der Waals surface area (Å²) in [5.74, 6) is -0.821. The second-order valence-corrected chi connectivity index (χ2v) is 6.18. The topological polar surface area (TPSA) is 69.6 Å². The maximum absolute atomic E-state index is 12.3. The third kappa shape index (κ3) is 3.95. The largest absolute Gasteiger partial charge is 0.481 e. The van der Waals surface area contributed by atoms with Crippen LogP contribution in [0.15, 0.2) is 0 Å². The molecule has 2 fully saturated rings. The molecule has 2 aliphatic heterocycles. The number of nitrogens with zero attached hydrogens (tertiary/aromatic N) is 1. The molecule has 3 atom stereocenters. The first-order valence-corrected chi connectivity index (χ1v) is 7.83. The van der Waals surface area contributed by atoms with Gasteiger partial charge in [-0.2, -0.15) is 0 Å². The molecule has 0 spiro atoms. The summed E-state index contributed by atoms with van der Waals surface area (Å²) in [6.45, 7) is 3.63. The molecule has 2 rings (SSSR count). The number of carboxylic acid groups (broad SMARTS) is 1. The van der Waals surface area contributed by atoms with Crippen LogP contribution in [0.4, 0.5) is 0 Å². The molecule has 0 aromatic rings. The van der Waals surface area contributed by atoms with E-state index < -0.39 is 5.97 Å². The lowest BCUT2D eigenvalue weighted by Gasteiger charge is -2.36. The van der Waals surface area contributed by atoms with Gasteiger partial charge in [0.15, 0.2) is 0 Å². The van der Waals surface area contributed by atoms with E-state index in [1.54, 1.807) is 0 Å². The first-order valence-electron chi connectivity index (χ1n) is 7.83. The molecule has 0 saturated carbocycles. The highest BCUT2D eigenvalue weighted by molar-refractivity contribution is 5.77. The van der Waals surface area contributed by atoms with Gasteiger partial charge in [-0.15, -0.1) is 0 Å². The minimum atomic E-state index is -0.727. The molecule has 2 N–H and O–H groups in total. The Labute approximate surface area is 120 Å². The third-order valence-electron chi connectivity index (χ3n) is 4.66. The number of hydrogen-bond donors (Lipinski definition) is 2. The third-order valence-corrected chi connectivity index (χ3v) is 4.66. The van der Waals surface area contributed by atoms with E-state index in [1.165, 1.54) is 19.3 Å². The van der Waals surface area contributed by atoms with Crippen LogP contribution < -0.4 is 5.32 Å². The zero-order valence-corrected chi connectivity index (χ0v) is 12.3. The Hall–Kier alpha value is -1.10. The molecule has 0 bridgehead atoms. The molecule has 2 saturated heterocycles. The molecular weight excluding hydrogens is 256 g/mol. The monoisotopic (exact) mass is 282 g/mol. The Morgan fingerprint density at radius 2 is 2.10 bits per heavy atom. The van der Waals surface area contributed by atoms with Crippen LogP contribution in [-0.4, -0.2) is 47.1 Å². The van der Waals surface area contributed by atoms with E-state index in [4.69, 9.17) is 5.11 Å². The number of amides is 1. The number of carbonyl (C=O) groups is 2. The van der Waals surface area contributed by atoms with Gasteiger partial charge in [0.05, 0.1) is 5.92 Å². The van der Waals surface area contributed by atoms with Crippen molar-refractivity contribution in [2.75, 3.05) is 13.1 Å². The number of aliphatic carboxylic acids is 1. The highest BCUT2D eigenvalue weighted by Crippen LogP contribution is 2.24. The highest BCUT2D eigenvalue weighted by atomic mass is 16.4. The quantitative estimate of drug-likeness (QED) is 0.822. The van der Waals surface area contributed by atoms with Gasteiger partial charge in [-0.3, -0.25) is 9.59 Å². The SMILES string of the molecule is CC1CC(C(=O)O)CCN1C(=O)CCC1CCCCN1. The number of carbonyl (C=O) groups excluding carboxylic acids is 1. The lowest BCUT2D eigenvalue weighted by Crippen LogP contribution is -2.46. The lowest BCUT2D eigenvalue weighted by atomic mass is 9.91. The van der Waals surface area contributed by atoms with E-state index in [9.17, 15) is 9.59 Å². The summed E-state index contributed by atoms with van der Waals surface area (Å²) in [7, 11) is 0. The van der Waals surface area contributed by atoms with Crippen LogP contribution in [0.25, 0.3) is 0 Å². The molecule has 0 radical (unpaired) electrons. The number of carboxylic acids is 1. The van der Waals surface area contributed by atoms with Crippen molar-refractivity contribution in [2.45, 2.75) is 64.0 Å². The Balaban J connectivity index is 1.76. The van der Waals surface area contributed by atoms with E-state index in [0.717, 1.165) is 13.0 Å². The van der Waals surface area contributed by atoms with Crippen molar-refractivity contribution < 1.29 is 14.7 Å². The summed E-state index contributed by atoms with van der Waals surface area (Å²) < 4.78 is 0. The first-order chi connectivity index (χ1) is 9.58. The summed E-state index contributed by atoms with van der Waals surface area (Å²) >= 11 is 0. The predicted octanol–water partition coefficient (Wildman–Crippen LogP) is 1.62. The number of rotatable bonds is 4. The second-order valence-electron chi connectivity index (χ2n) is 6.18. The number of hydrogen-bond acceptors (Lipinski definition) is 3. The number of nitrogens with one attached hydrogen (secondary N) is 1. The first kappa shape index (κ1) is 15.3. The Morgan fingerprint density at radius 1 is 1.30 bits per heavy atom. The van der Waals surface area contributed by atoms with E-state index in [-0.39, 0.29) is 17.9 Å². The average molecular weight is 282 g/mol. The normalized spacial score (nSPS) is 31.1. The van der Waals surface area contributed by atoms with E-state index in [2.05, 4.69) is 5.32 Å². The zero-order valence-electron chi connectivity index (χ0n) is 12.3. The molecule has 114 valence electrons. The van der Waals surface area contributed by atoms with Crippen LogP contribution >= 0.6 is 0 Å². The highest BCUT2D eigenvalue weighted by Gasteiger charge is 2.32. The lowest BCUT2D eigenvalue weighted by molar-refractivity contribution is -0.147. The predicted molar refractivity (Wildman–Crippen MR) is 76.4 cm³/mol. The molecule has 3 unspecified atom stereocenters. The minimum Gasteiger partial charge on any atom is -0.481 e. The van der Waals surface area contributed by atoms with Gasteiger partial charge < -0.3 is 15.3 Å².